The molecule has 0 spiro atoms. The van der Waals surface area contributed by atoms with Crippen LogP contribution in [0, 0.1) is 0 Å². The van der Waals surface area contributed by atoms with Crippen LogP contribution >= 0.6 is 22.6 Å². The Hall–Kier alpha value is -1.06. The van der Waals surface area contributed by atoms with Crippen molar-refractivity contribution in [3.05, 3.63) is 29.8 Å². The third kappa shape index (κ3) is 5.47. The third-order valence-corrected chi connectivity index (χ3v) is 4.90. The smallest absolute Gasteiger partial charge is 0.325 e. The van der Waals surface area contributed by atoms with Gasteiger partial charge >= 0.3 is 5.97 Å². The second-order valence-corrected chi connectivity index (χ2v) is 7.23. The largest absolute Gasteiger partial charge is 0.363 e. The molecule has 1 aliphatic rings. The van der Waals surface area contributed by atoms with E-state index in [1.54, 1.807) is 0 Å². The van der Waals surface area contributed by atoms with E-state index in [9.17, 15) is 27.6 Å². The van der Waals surface area contributed by atoms with Gasteiger partial charge in [0.05, 0.1) is 16.4 Å². The molecule has 2 N–H and O–H groups in total. The summed E-state index contributed by atoms with van der Waals surface area (Å²) in [5.74, 6) is -3.72. The van der Waals surface area contributed by atoms with Gasteiger partial charge in [0.15, 0.2) is 5.25 Å². The number of alkyl halides is 1. The van der Waals surface area contributed by atoms with Crippen LogP contribution in [0.3, 0.4) is 0 Å². The van der Waals surface area contributed by atoms with Gasteiger partial charge in [0, 0.05) is 35.2 Å². The van der Waals surface area contributed by atoms with E-state index in [0.29, 0.717) is 5.69 Å². The number of amides is 3. The molecule has 1 radical (unpaired) electrons. The first-order valence-electron chi connectivity index (χ1n) is 6.64. The molecule has 0 bridgehead atoms. The Bertz CT molecular complexity index is 842. The number of hydroxylamine groups is 2. The summed E-state index contributed by atoms with van der Waals surface area (Å²) in [4.78, 5) is 51.2. The van der Waals surface area contributed by atoms with Crippen molar-refractivity contribution in [2.24, 2.45) is 0 Å². The summed E-state index contributed by atoms with van der Waals surface area (Å²) < 4.78 is 31.2. The van der Waals surface area contributed by atoms with Crippen LogP contribution in [0.5, 0.6) is 0 Å². The SMILES string of the molecule is O=C(CI)Nc1ccc(C(=O)ON2C(=O)CC(S(=O)(=O)O)C2=O)cc1.[Na]. The predicted molar refractivity (Wildman–Crippen MR) is 96.9 cm³/mol. The molecule has 0 aromatic heterocycles. The Labute approximate surface area is 183 Å². The Kier molecular flexibility index (Phi) is 8.16. The summed E-state index contributed by atoms with van der Waals surface area (Å²) in [5, 5.41) is 0.589. The van der Waals surface area contributed by atoms with Gasteiger partial charge in [-0.1, -0.05) is 22.6 Å². The van der Waals surface area contributed by atoms with Crippen molar-refractivity contribution in [2.45, 2.75) is 11.7 Å². The molecule has 1 atom stereocenters. The molecule has 1 fully saturated rings. The van der Waals surface area contributed by atoms with Crippen LogP contribution in [0.15, 0.2) is 24.3 Å². The zero-order valence-corrected chi connectivity index (χ0v) is 18.3. The second-order valence-electron chi connectivity index (χ2n) is 4.87. The average molecular weight is 505 g/mol. The maximum Gasteiger partial charge on any atom is 0.363 e. The number of nitrogens with one attached hydrogen (secondary N) is 1. The number of benzene rings is 1. The van der Waals surface area contributed by atoms with E-state index in [0.717, 1.165) is 0 Å². The van der Waals surface area contributed by atoms with Crippen molar-refractivity contribution < 1.29 is 37.0 Å². The number of nitrogens with zero attached hydrogens (tertiary/aromatic N) is 1. The number of carbonyl (C=O) groups excluding carboxylic acids is 4. The van der Waals surface area contributed by atoms with E-state index in [1.165, 1.54) is 24.3 Å². The van der Waals surface area contributed by atoms with Gasteiger partial charge in [-0.3, -0.25) is 18.9 Å². The topological polar surface area (TPSA) is 147 Å². The molecule has 1 aromatic rings. The second kappa shape index (κ2) is 9.23. The molecule has 2 rings (SSSR count). The molecule has 13 heteroatoms. The van der Waals surface area contributed by atoms with Gasteiger partial charge in [0.25, 0.3) is 21.9 Å². The molecule has 1 unspecified atom stereocenters. The van der Waals surface area contributed by atoms with Crippen molar-refractivity contribution in [1.29, 1.82) is 0 Å². The molecular weight excluding hydrogens is 494 g/mol. The van der Waals surface area contributed by atoms with E-state index in [-0.39, 0.29) is 50.5 Å². The number of hydrogen-bond acceptors (Lipinski definition) is 7. The summed E-state index contributed by atoms with van der Waals surface area (Å²) in [7, 11) is -4.78. The number of halogens is 1. The first kappa shape index (κ1) is 23.0. The number of imide groups is 1. The Balaban J connectivity index is 0.00000338. The molecule has 135 valence electrons. The monoisotopic (exact) mass is 505 g/mol. The maximum absolute atomic E-state index is 12.0. The van der Waals surface area contributed by atoms with E-state index in [4.69, 9.17) is 4.55 Å². The van der Waals surface area contributed by atoms with Crippen molar-refractivity contribution in [1.82, 2.24) is 5.06 Å². The van der Waals surface area contributed by atoms with Crippen LogP contribution in [0.25, 0.3) is 0 Å². The molecule has 10 nitrogen and oxygen atoms in total. The zero-order chi connectivity index (χ0) is 18.8. The standard InChI is InChI=1S/C13H11IN2O8S.Na/c14-6-10(17)15-8-3-1-7(2-4-8)13(20)24-16-11(18)5-9(12(16)19)25(21,22)23;/h1-4,9H,5-6H2,(H,15,17)(H,21,22,23);. The zero-order valence-electron chi connectivity index (χ0n) is 13.3. The van der Waals surface area contributed by atoms with Gasteiger partial charge in [0.2, 0.25) is 5.91 Å². The normalized spacial score (nSPS) is 16.8. The summed E-state index contributed by atoms with van der Waals surface area (Å²) in [6.07, 6.45) is -0.813. The Morgan fingerprint density at radius 1 is 1.27 bits per heavy atom. The minimum absolute atomic E-state index is 0. The molecule has 1 heterocycles. The summed E-state index contributed by atoms with van der Waals surface area (Å²) in [6, 6.07) is 5.40. The van der Waals surface area contributed by atoms with Crippen molar-refractivity contribution in [2.75, 3.05) is 9.74 Å². The molecule has 1 aromatic carbocycles. The molecular formula is C13H11IN2NaO8S. The predicted octanol–water partition coefficient (Wildman–Crippen LogP) is -0.234. The number of hydrogen-bond donors (Lipinski definition) is 2. The van der Waals surface area contributed by atoms with Crippen molar-refractivity contribution in [3.63, 3.8) is 0 Å². The van der Waals surface area contributed by atoms with Crippen LogP contribution in [-0.2, 0) is 29.3 Å². The minimum atomic E-state index is -4.78. The molecule has 1 aliphatic heterocycles. The van der Waals surface area contributed by atoms with Crippen LogP contribution < -0.4 is 5.32 Å². The number of rotatable bonds is 5. The molecule has 3 amide bonds. The maximum atomic E-state index is 12.0. The fraction of sp³-hybridized carbons (Fsp3) is 0.231. The van der Waals surface area contributed by atoms with Crippen molar-refractivity contribution in [3.8, 4) is 0 Å². The fourth-order valence-corrected chi connectivity index (χ4v) is 2.83. The van der Waals surface area contributed by atoms with Crippen LogP contribution in [0.1, 0.15) is 16.8 Å². The first-order chi connectivity index (χ1) is 11.6. The molecule has 0 saturated carbocycles. The van der Waals surface area contributed by atoms with Crippen molar-refractivity contribution >= 4 is 91.6 Å². The van der Waals surface area contributed by atoms with Crippen LogP contribution in [0.2, 0.25) is 0 Å². The van der Waals surface area contributed by atoms with Crippen LogP contribution in [0.4, 0.5) is 5.69 Å². The number of anilines is 1. The van der Waals surface area contributed by atoms with E-state index in [2.05, 4.69) is 10.2 Å². The van der Waals surface area contributed by atoms with E-state index >= 15 is 0 Å². The average Bonchev–Trinajstić information content (AvgIpc) is 2.83. The molecule has 0 aliphatic carbocycles. The Morgan fingerprint density at radius 2 is 1.85 bits per heavy atom. The minimum Gasteiger partial charge on any atom is -0.325 e. The number of carbonyl (C=O) groups is 4. The molecule has 26 heavy (non-hydrogen) atoms. The summed E-state index contributed by atoms with van der Waals surface area (Å²) in [6.45, 7) is 0. The quantitative estimate of drug-likeness (QED) is 0.183. The first-order valence-corrected chi connectivity index (χ1v) is 9.67. The van der Waals surface area contributed by atoms with E-state index in [1.807, 2.05) is 22.6 Å². The van der Waals surface area contributed by atoms with Gasteiger partial charge in [0.1, 0.15) is 0 Å². The Morgan fingerprint density at radius 3 is 2.31 bits per heavy atom. The van der Waals surface area contributed by atoms with Gasteiger partial charge in [-0.15, -0.1) is 5.06 Å². The molecule has 1 saturated heterocycles. The van der Waals surface area contributed by atoms with E-state index < -0.39 is 39.6 Å². The van der Waals surface area contributed by atoms with Gasteiger partial charge in [-0.25, -0.2) is 4.79 Å². The van der Waals surface area contributed by atoms with Gasteiger partial charge < -0.3 is 10.2 Å². The fourth-order valence-electron chi connectivity index (χ4n) is 1.93. The third-order valence-electron chi connectivity index (χ3n) is 3.12. The van der Waals surface area contributed by atoms with Gasteiger partial charge in [-0.2, -0.15) is 8.42 Å². The summed E-state index contributed by atoms with van der Waals surface area (Å²) in [5.41, 5.74) is 0.390. The van der Waals surface area contributed by atoms with Gasteiger partial charge in [-0.05, 0) is 24.3 Å². The summed E-state index contributed by atoms with van der Waals surface area (Å²) >= 11 is 1.88. The van der Waals surface area contributed by atoms with Crippen LogP contribution in [-0.4, -0.2) is 81.0 Å².